The fourth-order valence-electron chi connectivity index (χ4n) is 2.45. The summed E-state index contributed by atoms with van der Waals surface area (Å²) in [5.74, 6) is -0.169. The summed E-state index contributed by atoms with van der Waals surface area (Å²) in [5.41, 5.74) is 1.90. The lowest BCUT2D eigenvalue weighted by Gasteiger charge is -2.22. The summed E-state index contributed by atoms with van der Waals surface area (Å²) in [7, 11) is 0. The van der Waals surface area contributed by atoms with Crippen molar-refractivity contribution in [2.45, 2.75) is 27.2 Å². The highest BCUT2D eigenvalue weighted by molar-refractivity contribution is 7.19. The number of benzene rings is 1. The molecule has 0 saturated carbocycles. The minimum atomic E-state index is -0.573. The van der Waals surface area contributed by atoms with Crippen molar-refractivity contribution in [1.82, 2.24) is 0 Å². The number of hydrogen-bond acceptors (Lipinski definition) is 8. The molecule has 146 valence electrons. The van der Waals surface area contributed by atoms with E-state index in [0.29, 0.717) is 17.8 Å². The van der Waals surface area contributed by atoms with E-state index in [4.69, 9.17) is 5.26 Å². The largest absolute Gasteiger partial charge is 0.372 e. The molecule has 1 heterocycles. The van der Waals surface area contributed by atoms with Crippen LogP contribution in [0.4, 0.5) is 27.1 Å². The van der Waals surface area contributed by atoms with Gasteiger partial charge in [0.2, 0.25) is 5.91 Å². The molecule has 0 spiro atoms. The Bertz CT molecular complexity index is 943. The molecule has 0 atom stereocenters. The number of amides is 1. The lowest BCUT2D eigenvalue weighted by atomic mass is 10.2. The first-order valence-corrected chi connectivity index (χ1v) is 9.53. The number of anilines is 2. The predicted octanol–water partition coefficient (Wildman–Crippen LogP) is 5.14. The summed E-state index contributed by atoms with van der Waals surface area (Å²) in [6.07, 6.45) is 0.307. The number of carbonyl (C=O) groups is 1. The molecule has 0 unspecified atom stereocenters. The van der Waals surface area contributed by atoms with E-state index >= 15 is 0 Å². The fraction of sp³-hybridized carbons (Fsp3) is 0.333. The van der Waals surface area contributed by atoms with Gasteiger partial charge in [0.1, 0.15) is 11.8 Å². The molecular weight excluding hydrogens is 380 g/mol. The van der Waals surface area contributed by atoms with Crippen LogP contribution >= 0.6 is 11.3 Å². The first-order chi connectivity index (χ1) is 13.4. The standard InChI is InChI=1S/C18H20N6O3S/c1-4-16(25)20-15-10-13(23(5-2)6-3)7-8-14(15)21-22-18-12(11-19)9-17(28-18)24(26)27/h7-10H,4-6H2,1-3H3,(H,20,25). The average molecular weight is 400 g/mol. The molecule has 1 aromatic heterocycles. The quantitative estimate of drug-likeness (QED) is 0.373. The molecule has 1 amide bonds. The summed E-state index contributed by atoms with van der Waals surface area (Å²) < 4.78 is 0. The third kappa shape index (κ3) is 4.89. The third-order valence-corrected chi connectivity index (χ3v) is 4.92. The van der Waals surface area contributed by atoms with Crippen LogP contribution in [-0.2, 0) is 4.79 Å². The SMILES string of the molecule is CCC(=O)Nc1cc(N(CC)CC)ccc1N=Nc1sc([N+](=O)[O-])cc1C#N. The van der Waals surface area contributed by atoms with Crippen molar-refractivity contribution >= 4 is 44.3 Å². The highest BCUT2D eigenvalue weighted by atomic mass is 32.1. The Labute approximate surface area is 166 Å². The van der Waals surface area contributed by atoms with Gasteiger partial charge >= 0.3 is 5.00 Å². The van der Waals surface area contributed by atoms with Crippen LogP contribution in [-0.4, -0.2) is 23.9 Å². The van der Waals surface area contributed by atoms with Crippen molar-refractivity contribution in [3.05, 3.63) is 39.9 Å². The smallest absolute Gasteiger partial charge is 0.327 e. The van der Waals surface area contributed by atoms with Crippen LogP contribution in [0, 0.1) is 21.4 Å². The third-order valence-electron chi connectivity index (χ3n) is 3.95. The lowest BCUT2D eigenvalue weighted by Crippen LogP contribution is -2.22. The van der Waals surface area contributed by atoms with Gasteiger partial charge in [-0.05, 0) is 43.4 Å². The molecule has 0 bridgehead atoms. The topological polar surface area (TPSA) is 124 Å². The molecule has 2 aromatic rings. The number of nitro groups is 1. The van der Waals surface area contributed by atoms with E-state index in [1.165, 1.54) is 6.07 Å². The first kappa shape index (κ1) is 21.0. The van der Waals surface area contributed by atoms with Gasteiger partial charge in [0.05, 0.1) is 16.2 Å². The van der Waals surface area contributed by atoms with Gasteiger partial charge in [0, 0.05) is 31.3 Å². The van der Waals surface area contributed by atoms with Crippen LogP contribution in [0.15, 0.2) is 34.5 Å². The van der Waals surface area contributed by atoms with Crippen LogP contribution in [0.25, 0.3) is 0 Å². The number of rotatable bonds is 8. The maximum absolute atomic E-state index is 11.9. The molecule has 1 aromatic carbocycles. The highest BCUT2D eigenvalue weighted by Crippen LogP contribution is 2.38. The first-order valence-electron chi connectivity index (χ1n) is 8.72. The van der Waals surface area contributed by atoms with Crippen molar-refractivity contribution in [2.75, 3.05) is 23.3 Å². The van der Waals surface area contributed by atoms with Crippen molar-refractivity contribution < 1.29 is 9.72 Å². The van der Waals surface area contributed by atoms with Gasteiger partial charge in [-0.15, -0.1) is 10.2 Å². The van der Waals surface area contributed by atoms with Crippen molar-refractivity contribution in [1.29, 1.82) is 5.26 Å². The number of carbonyl (C=O) groups excluding carboxylic acids is 1. The maximum atomic E-state index is 11.9. The van der Waals surface area contributed by atoms with E-state index in [2.05, 4.69) is 20.4 Å². The molecule has 0 saturated heterocycles. The van der Waals surface area contributed by atoms with Crippen LogP contribution < -0.4 is 10.2 Å². The summed E-state index contributed by atoms with van der Waals surface area (Å²) in [6.45, 7) is 7.43. The second-order valence-electron chi connectivity index (χ2n) is 5.65. The van der Waals surface area contributed by atoms with Gasteiger partial charge in [-0.2, -0.15) is 5.26 Å². The number of hydrogen-bond donors (Lipinski definition) is 1. The normalized spacial score (nSPS) is 10.6. The van der Waals surface area contributed by atoms with Gasteiger partial charge in [-0.25, -0.2) is 0 Å². The van der Waals surface area contributed by atoms with E-state index in [9.17, 15) is 14.9 Å². The van der Waals surface area contributed by atoms with Gasteiger partial charge in [-0.1, -0.05) is 6.92 Å². The Balaban J connectivity index is 2.43. The van der Waals surface area contributed by atoms with Crippen LogP contribution in [0.2, 0.25) is 0 Å². The molecule has 2 rings (SSSR count). The Morgan fingerprint density at radius 1 is 1.29 bits per heavy atom. The summed E-state index contributed by atoms with van der Waals surface area (Å²) in [5, 5.41) is 31.0. The molecular formula is C18H20N6O3S. The average Bonchev–Trinajstić information content (AvgIpc) is 3.11. The van der Waals surface area contributed by atoms with Gasteiger partial charge in [-0.3, -0.25) is 14.9 Å². The molecule has 1 N–H and O–H groups in total. The molecule has 0 aliphatic rings. The van der Waals surface area contributed by atoms with Crippen molar-refractivity contribution in [3.8, 4) is 6.07 Å². The zero-order valence-corrected chi connectivity index (χ0v) is 16.6. The Morgan fingerprint density at radius 2 is 2.00 bits per heavy atom. The van der Waals surface area contributed by atoms with E-state index in [0.717, 1.165) is 30.1 Å². The monoisotopic (exact) mass is 400 g/mol. The van der Waals surface area contributed by atoms with Crippen LogP contribution in [0.1, 0.15) is 32.8 Å². The number of nitrogens with zero attached hydrogens (tertiary/aromatic N) is 5. The molecule has 10 heteroatoms. The zero-order valence-electron chi connectivity index (χ0n) is 15.8. The Morgan fingerprint density at radius 3 is 2.57 bits per heavy atom. The van der Waals surface area contributed by atoms with Crippen molar-refractivity contribution in [3.63, 3.8) is 0 Å². The van der Waals surface area contributed by atoms with E-state index in [-0.39, 0.29) is 21.5 Å². The number of nitrogens with one attached hydrogen (secondary N) is 1. The Hall–Kier alpha value is -3.32. The molecule has 0 aliphatic heterocycles. The van der Waals surface area contributed by atoms with Crippen LogP contribution in [0.3, 0.4) is 0 Å². The second-order valence-corrected chi connectivity index (χ2v) is 6.66. The van der Waals surface area contributed by atoms with Gasteiger partial charge in [0.25, 0.3) is 0 Å². The van der Waals surface area contributed by atoms with Crippen LogP contribution in [0.5, 0.6) is 0 Å². The number of nitriles is 1. The van der Waals surface area contributed by atoms with Gasteiger partial charge < -0.3 is 10.2 Å². The molecule has 28 heavy (non-hydrogen) atoms. The number of azo groups is 1. The van der Waals surface area contributed by atoms with Gasteiger partial charge in [0.15, 0.2) is 5.00 Å². The lowest BCUT2D eigenvalue weighted by molar-refractivity contribution is -0.380. The second kappa shape index (κ2) is 9.57. The van der Waals surface area contributed by atoms with E-state index in [1.807, 2.05) is 32.0 Å². The fourth-order valence-corrected chi connectivity index (χ4v) is 3.19. The summed E-state index contributed by atoms with van der Waals surface area (Å²) >= 11 is 0.773. The zero-order chi connectivity index (χ0) is 20.7. The number of thiophene rings is 1. The maximum Gasteiger partial charge on any atom is 0.327 e. The molecule has 0 radical (unpaired) electrons. The summed E-state index contributed by atoms with van der Waals surface area (Å²) in [6, 6.07) is 8.45. The minimum Gasteiger partial charge on any atom is -0.372 e. The van der Waals surface area contributed by atoms with E-state index in [1.54, 1.807) is 13.0 Å². The molecule has 0 aliphatic carbocycles. The Kier molecular flexibility index (Phi) is 7.17. The van der Waals surface area contributed by atoms with E-state index < -0.39 is 4.92 Å². The molecule has 9 nitrogen and oxygen atoms in total. The predicted molar refractivity (Wildman–Crippen MR) is 109 cm³/mol. The van der Waals surface area contributed by atoms with Crippen molar-refractivity contribution in [2.24, 2.45) is 10.2 Å². The molecule has 0 fully saturated rings. The summed E-state index contributed by atoms with van der Waals surface area (Å²) in [4.78, 5) is 24.4. The highest BCUT2D eigenvalue weighted by Gasteiger charge is 2.17. The minimum absolute atomic E-state index is 0.0827.